The number of benzene rings is 2. The first-order valence-electron chi connectivity index (χ1n) is 11.1. The van der Waals surface area contributed by atoms with Crippen molar-refractivity contribution in [2.24, 2.45) is 0 Å². The second-order valence-corrected chi connectivity index (χ2v) is 10.6. The minimum absolute atomic E-state index is 0.114. The summed E-state index contributed by atoms with van der Waals surface area (Å²) in [7, 11) is -2.02. The number of ether oxygens (including phenoxy) is 1. The number of carbonyl (C=O) groups is 1. The van der Waals surface area contributed by atoms with E-state index < -0.39 is 10.0 Å². The average Bonchev–Trinajstić information content (AvgIpc) is 3.28. The van der Waals surface area contributed by atoms with Gasteiger partial charge in [0.05, 0.1) is 24.1 Å². The lowest BCUT2D eigenvalue weighted by Gasteiger charge is -2.23. The number of anilines is 1. The van der Waals surface area contributed by atoms with Crippen LogP contribution in [-0.2, 0) is 27.9 Å². The summed E-state index contributed by atoms with van der Waals surface area (Å²) in [4.78, 5) is 14.8. The summed E-state index contributed by atoms with van der Waals surface area (Å²) in [6.07, 6.45) is 4.30. The zero-order chi connectivity index (χ0) is 23.8. The van der Waals surface area contributed by atoms with Crippen molar-refractivity contribution in [2.45, 2.75) is 38.8 Å². The van der Waals surface area contributed by atoms with E-state index in [0.717, 1.165) is 18.4 Å². The molecule has 2 aromatic carbocycles. The molecule has 0 spiro atoms. The fraction of sp³-hybridized carbons (Fsp3) is 0.458. The molecular formula is C24H32ClN3O4S. The van der Waals surface area contributed by atoms with E-state index in [4.69, 9.17) is 16.3 Å². The van der Waals surface area contributed by atoms with Crippen molar-refractivity contribution in [2.75, 3.05) is 37.3 Å². The monoisotopic (exact) mass is 493 g/mol. The predicted molar refractivity (Wildman–Crippen MR) is 132 cm³/mol. The van der Waals surface area contributed by atoms with Crippen LogP contribution in [0.15, 0.2) is 42.5 Å². The van der Waals surface area contributed by atoms with Crippen LogP contribution in [0.4, 0.5) is 5.69 Å². The molecule has 33 heavy (non-hydrogen) atoms. The quantitative estimate of drug-likeness (QED) is 0.515. The molecular weight excluding hydrogens is 462 g/mol. The first-order valence-corrected chi connectivity index (χ1v) is 13.4. The zero-order valence-corrected chi connectivity index (χ0v) is 20.8. The van der Waals surface area contributed by atoms with Crippen LogP contribution >= 0.6 is 11.6 Å². The van der Waals surface area contributed by atoms with E-state index in [0.29, 0.717) is 29.4 Å². The summed E-state index contributed by atoms with van der Waals surface area (Å²) in [5, 5.41) is 3.24. The number of nitrogens with one attached hydrogen (secondary N) is 1. The van der Waals surface area contributed by atoms with Crippen molar-refractivity contribution in [1.29, 1.82) is 0 Å². The van der Waals surface area contributed by atoms with Gasteiger partial charge in [0.1, 0.15) is 5.75 Å². The normalized spacial score (nSPS) is 14.3. The first kappa shape index (κ1) is 25.3. The number of rotatable bonds is 11. The molecule has 1 aliphatic rings. The molecule has 180 valence electrons. The van der Waals surface area contributed by atoms with Crippen molar-refractivity contribution in [3.8, 4) is 5.75 Å². The number of amides is 1. The van der Waals surface area contributed by atoms with Crippen molar-refractivity contribution in [3.05, 3.63) is 58.6 Å². The van der Waals surface area contributed by atoms with Crippen molar-refractivity contribution >= 4 is 33.2 Å². The summed E-state index contributed by atoms with van der Waals surface area (Å²) < 4.78 is 30.9. The number of nitrogens with zero attached hydrogens (tertiary/aromatic N) is 2. The van der Waals surface area contributed by atoms with E-state index in [-0.39, 0.29) is 18.9 Å². The van der Waals surface area contributed by atoms with E-state index >= 15 is 0 Å². The second-order valence-electron chi connectivity index (χ2n) is 8.33. The molecule has 3 rings (SSSR count). The zero-order valence-electron chi connectivity index (χ0n) is 19.2. The fourth-order valence-corrected chi connectivity index (χ4v) is 5.14. The van der Waals surface area contributed by atoms with E-state index in [1.54, 1.807) is 18.2 Å². The Morgan fingerprint density at radius 1 is 1.12 bits per heavy atom. The number of sulfonamides is 1. The van der Waals surface area contributed by atoms with Crippen LogP contribution in [0.25, 0.3) is 0 Å². The summed E-state index contributed by atoms with van der Waals surface area (Å²) in [6, 6.07) is 13.1. The molecule has 1 amide bonds. The van der Waals surface area contributed by atoms with Gasteiger partial charge in [-0.25, -0.2) is 8.42 Å². The Morgan fingerprint density at radius 3 is 2.39 bits per heavy atom. The minimum Gasteiger partial charge on any atom is -0.495 e. The smallest absolute Gasteiger partial charge is 0.232 e. The maximum Gasteiger partial charge on any atom is 0.232 e. The number of hydrogen-bond donors (Lipinski definition) is 1. The Labute approximate surface area is 201 Å². The third kappa shape index (κ3) is 7.62. The lowest BCUT2D eigenvalue weighted by atomic mass is 10.1. The van der Waals surface area contributed by atoms with Crippen molar-refractivity contribution < 1.29 is 17.9 Å². The maximum absolute atomic E-state index is 12.3. The minimum atomic E-state index is -3.52. The SMILES string of the molecule is COc1ccc(N(CCCC(=O)NCc2ccc(CN3CCCC3)cc2)S(C)(=O)=O)cc1Cl. The van der Waals surface area contributed by atoms with Crippen LogP contribution in [0.1, 0.15) is 36.8 Å². The lowest BCUT2D eigenvalue weighted by Crippen LogP contribution is -2.32. The van der Waals surface area contributed by atoms with Gasteiger partial charge >= 0.3 is 0 Å². The maximum atomic E-state index is 12.3. The summed E-state index contributed by atoms with van der Waals surface area (Å²) in [5.41, 5.74) is 2.77. The highest BCUT2D eigenvalue weighted by Gasteiger charge is 2.19. The summed E-state index contributed by atoms with van der Waals surface area (Å²) in [6.45, 7) is 3.94. The Morgan fingerprint density at radius 2 is 1.79 bits per heavy atom. The lowest BCUT2D eigenvalue weighted by molar-refractivity contribution is -0.121. The molecule has 1 fully saturated rings. The molecule has 0 unspecified atom stereocenters. The van der Waals surface area contributed by atoms with Crippen LogP contribution < -0.4 is 14.4 Å². The van der Waals surface area contributed by atoms with Gasteiger partial charge in [-0.15, -0.1) is 0 Å². The van der Waals surface area contributed by atoms with Gasteiger partial charge < -0.3 is 10.1 Å². The van der Waals surface area contributed by atoms with E-state index in [1.165, 1.54) is 42.9 Å². The molecule has 0 radical (unpaired) electrons. The van der Waals surface area contributed by atoms with Gasteiger partial charge in [0, 0.05) is 26.1 Å². The van der Waals surface area contributed by atoms with Gasteiger partial charge in [-0.05, 0) is 61.7 Å². The van der Waals surface area contributed by atoms with Crippen LogP contribution in [0.5, 0.6) is 5.75 Å². The van der Waals surface area contributed by atoms with Crippen LogP contribution in [0, 0.1) is 0 Å². The van der Waals surface area contributed by atoms with Gasteiger partial charge in [-0.1, -0.05) is 35.9 Å². The predicted octanol–water partition coefficient (Wildman–Crippen LogP) is 3.81. The molecule has 1 heterocycles. The van der Waals surface area contributed by atoms with Gasteiger partial charge in [0.15, 0.2) is 0 Å². The average molecular weight is 494 g/mol. The fourth-order valence-electron chi connectivity index (χ4n) is 3.93. The first-order chi connectivity index (χ1) is 15.8. The largest absolute Gasteiger partial charge is 0.495 e. The molecule has 0 atom stereocenters. The van der Waals surface area contributed by atoms with Gasteiger partial charge in [0.2, 0.25) is 15.9 Å². The molecule has 1 N–H and O–H groups in total. The third-order valence-electron chi connectivity index (χ3n) is 5.71. The number of methoxy groups -OCH3 is 1. The van der Waals surface area contributed by atoms with E-state index in [2.05, 4.69) is 22.3 Å². The highest BCUT2D eigenvalue weighted by Crippen LogP contribution is 2.30. The van der Waals surface area contributed by atoms with Gasteiger partial charge in [0.25, 0.3) is 0 Å². The molecule has 9 heteroatoms. The number of carbonyl (C=O) groups excluding carboxylic acids is 1. The molecule has 7 nitrogen and oxygen atoms in total. The summed E-state index contributed by atoms with van der Waals surface area (Å²) in [5.74, 6) is 0.356. The Bertz CT molecular complexity index is 1040. The molecule has 2 aromatic rings. The molecule has 0 aliphatic carbocycles. The van der Waals surface area contributed by atoms with Crippen LogP contribution in [-0.4, -0.2) is 52.2 Å². The highest BCUT2D eigenvalue weighted by atomic mass is 35.5. The van der Waals surface area contributed by atoms with Crippen LogP contribution in [0.3, 0.4) is 0 Å². The van der Waals surface area contributed by atoms with Crippen molar-refractivity contribution in [1.82, 2.24) is 10.2 Å². The standard InChI is InChI=1S/C24H32ClN3O4S/c1-32-23-12-11-21(16-22(23)25)28(33(2,30)31)15-5-6-24(29)26-17-19-7-9-20(10-8-19)18-27-13-3-4-14-27/h7-12,16H,3-6,13-15,17-18H2,1-2H3,(H,26,29). The number of hydrogen-bond acceptors (Lipinski definition) is 5. The van der Waals surface area contributed by atoms with E-state index in [9.17, 15) is 13.2 Å². The summed E-state index contributed by atoms with van der Waals surface area (Å²) >= 11 is 6.15. The molecule has 1 aliphatic heterocycles. The molecule has 0 saturated carbocycles. The Kier molecular flexibility index (Phi) is 9.00. The van der Waals surface area contributed by atoms with Gasteiger partial charge in [-0.2, -0.15) is 0 Å². The second kappa shape index (κ2) is 11.7. The number of halogens is 1. The van der Waals surface area contributed by atoms with Crippen molar-refractivity contribution in [3.63, 3.8) is 0 Å². The third-order valence-corrected chi connectivity index (χ3v) is 7.20. The molecule has 0 bridgehead atoms. The Balaban J connectivity index is 1.46. The Hall–Kier alpha value is -2.29. The highest BCUT2D eigenvalue weighted by molar-refractivity contribution is 7.92. The molecule has 0 aromatic heterocycles. The van der Waals surface area contributed by atoms with Gasteiger partial charge in [-0.3, -0.25) is 14.0 Å². The molecule has 1 saturated heterocycles. The van der Waals surface area contributed by atoms with Crippen LogP contribution in [0.2, 0.25) is 5.02 Å². The topological polar surface area (TPSA) is 79.0 Å². The number of likely N-dealkylation sites (tertiary alicyclic amines) is 1. The van der Waals surface area contributed by atoms with E-state index in [1.807, 2.05) is 12.1 Å².